The zero-order chi connectivity index (χ0) is 20.0. The summed E-state index contributed by atoms with van der Waals surface area (Å²) in [4.78, 5) is 14.4. The van der Waals surface area contributed by atoms with Gasteiger partial charge in [-0.05, 0) is 61.7 Å². The van der Waals surface area contributed by atoms with Crippen LogP contribution in [0.4, 0.5) is 15.8 Å². The lowest BCUT2D eigenvalue weighted by Crippen LogP contribution is -2.29. The average Bonchev–Trinajstić information content (AvgIpc) is 2.69. The number of nitrogens with one attached hydrogen (secondary N) is 2. The highest BCUT2D eigenvalue weighted by atomic mass is 32.2. The maximum atomic E-state index is 12.9. The number of hydrogen-bond donors (Lipinski definition) is 2. The van der Waals surface area contributed by atoms with Crippen molar-refractivity contribution in [2.75, 3.05) is 29.9 Å². The second-order valence-electron chi connectivity index (χ2n) is 6.75. The molecule has 2 aromatic carbocycles. The molecule has 1 fully saturated rings. The van der Waals surface area contributed by atoms with Crippen molar-refractivity contribution in [1.29, 1.82) is 0 Å². The molecule has 8 heteroatoms. The summed E-state index contributed by atoms with van der Waals surface area (Å²) in [5.74, 6) is -0.789. The molecule has 1 heterocycles. The van der Waals surface area contributed by atoms with E-state index in [1.54, 1.807) is 0 Å². The Balaban J connectivity index is 1.51. The van der Waals surface area contributed by atoms with Crippen LogP contribution < -0.4 is 14.9 Å². The van der Waals surface area contributed by atoms with E-state index in [2.05, 4.69) is 14.9 Å². The Morgan fingerprint density at radius 1 is 1.04 bits per heavy atom. The molecule has 0 saturated carbocycles. The predicted octanol–water partition coefficient (Wildman–Crippen LogP) is 3.12. The second kappa shape index (κ2) is 9.16. The standard InChI is InChI=1S/C20H24FN3O3S/c21-16-7-9-19(10-8-16)28(26,27)22-12-11-20(25)23-17-5-4-6-18(15-17)24-13-2-1-3-14-24/h4-10,15,22H,1-3,11-14H2,(H,23,25). The normalized spacial score (nSPS) is 14.7. The highest BCUT2D eigenvalue weighted by Gasteiger charge is 2.15. The second-order valence-corrected chi connectivity index (χ2v) is 8.51. The molecule has 2 aromatic rings. The van der Waals surface area contributed by atoms with E-state index < -0.39 is 15.8 Å². The Labute approximate surface area is 164 Å². The van der Waals surface area contributed by atoms with Crippen molar-refractivity contribution in [3.8, 4) is 0 Å². The minimum atomic E-state index is -3.77. The van der Waals surface area contributed by atoms with E-state index in [1.807, 2.05) is 24.3 Å². The Bertz CT molecular complexity index is 911. The first-order valence-electron chi connectivity index (χ1n) is 9.34. The molecule has 1 amide bonds. The van der Waals surface area contributed by atoms with Crippen molar-refractivity contribution in [3.63, 3.8) is 0 Å². The smallest absolute Gasteiger partial charge is 0.240 e. The molecule has 1 saturated heterocycles. The van der Waals surface area contributed by atoms with Gasteiger partial charge >= 0.3 is 0 Å². The van der Waals surface area contributed by atoms with Crippen molar-refractivity contribution in [2.24, 2.45) is 0 Å². The van der Waals surface area contributed by atoms with Crippen LogP contribution in [0.1, 0.15) is 25.7 Å². The van der Waals surface area contributed by atoms with Crippen LogP contribution in [0.25, 0.3) is 0 Å². The number of hydrogen-bond acceptors (Lipinski definition) is 4. The van der Waals surface area contributed by atoms with Gasteiger partial charge < -0.3 is 10.2 Å². The van der Waals surface area contributed by atoms with E-state index >= 15 is 0 Å². The quantitative estimate of drug-likeness (QED) is 0.742. The number of halogens is 1. The van der Waals surface area contributed by atoms with E-state index in [0.717, 1.165) is 30.9 Å². The van der Waals surface area contributed by atoms with Gasteiger partial charge in [0.1, 0.15) is 5.82 Å². The largest absolute Gasteiger partial charge is 0.371 e. The lowest BCUT2D eigenvalue weighted by molar-refractivity contribution is -0.116. The van der Waals surface area contributed by atoms with Gasteiger partial charge in [-0.3, -0.25) is 4.79 Å². The summed E-state index contributed by atoms with van der Waals surface area (Å²) in [6.07, 6.45) is 3.59. The van der Waals surface area contributed by atoms with Gasteiger partial charge in [0.05, 0.1) is 4.90 Å². The monoisotopic (exact) mass is 405 g/mol. The number of nitrogens with zero attached hydrogens (tertiary/aromatic N) is 1. The van der Waals surface area contributed by atoms with E-state index in [0.29, 0.717) is 5.69 Å². The van der Waals surface area contributed by atoms with Crippen LogP contribution in [-0.2, 0) is 14.8 Å². The van der Waals surface area contributed by atoms with Gasteiger partial charge in [-0.25, -0.2) is 17.5 Å². The molecular weight excluding hydrogens is 381 g/mol. The van der Waals surface area contributed by atoms with Crippen molar-refractivity contribution >= 4 is 27.3 Å². The molecule has 1 aliphatic heterocycles. The minimum Gasteiger partial charge on any atom is -0.371 e. The number of carbonyl (C=O) groups excluding carboxylic acids is 1. The third-order valence-corrected chi connectivity index (χ3v) is 6.10. The first-order valence-corrected chi connectivity index (χ1v) is 10.8. The summed E-state index contributed by atoms with van der Waals surface area (Å²) in [6.45, 7) is 1.99. The Hall–Kier alpha value is -2.45. The number of rotatable bonds is 7. The molecule has 0 bridgehead atoms. The van der Waals surface area contributed by atoms with Gasteiger partial charge in [-0.1, -0.05) is 6.07 Å². The first kappa shape index (κ1) is 20.3. The zero-order valence-corrected chi connectivity index (χ0v) is 16.3. The van der Waals surface area contributed by atoms with Crippen LogP contribution in [0.2, 0.25) is 0 Å². The molecule has 0 atom stereocenters. The van der Waals surface area contributed by atoms with Crippen molar-refractivity contribution in [2.45, 2.75) is 30.6 Å². The average molecular weight is 405 g/mol. The van der Waals surface area contributed by atoms with Crippen molar-refractivity contribution < 1.29 is 17.6 Å². The molecule has 0 aromatic heterocycles. The van der Waals surface area contributed by atoms with Crippen LogP contribution in [0, 0.1) is 5.82 Å². The number of carbonyl (C=O) groups is 1. The van der Waals surface area contributed by atoms with E-state index in [-0.39, 0.29) is 23.8 Å². The van der Waals surface area contributed by atoms with Crippen molar-refractivity contribution in [1.82, 2.24) is 4.72 Å². The molecule has 0 unspecified atom stereocenters. The maximum absolute atomic E-state index is 12.9. The minimum absolute atomic E-state index is 0.00559. The van der Waals surface area contributed by atoms with Gasteiger partial charge in [0, 0.05) is 37.4 Å². The SMILES string of the molecule is O=C(CCNS(=O)(=O)c1ccc(F)cc1)Nc1cccc(N2CCCCC2)c1. The van der Waals surface area contributed by atoms with Crippen LogP contribution in [-0.4, -0.2) is 34.0 Å². The molecule has 6 nitrogen and oxygen atoms in total. The van der Waals surface area contributed by atoms with E-state index in [4.69, 9.17) is 0 Å². The summed E-state index contributed by atoms with van der Waals surface area (Å²) in [7, 11) is -3.77. The third-order valence-electron chi connectivity index (χ3n) is 4.62. The lowest BCUT2D eigenvalue weighted by atomic mass is 10.1. The molecule has 150 valence electrons. The first-order chi connectivity index (χ1) is 13.4. The van der Waals surface area contributed by atoms with Gasteiger partial charge in [-0.15, -0.1) is 0 Å². The highest BCUT2D eigenvalue weighted by Crippen LogP contribution is 2.23. The van der Waals surface area contributed by atoms with Crippen LogP contribution in [0.3, 0.4) is 0 Å². The molecule has 3 rings (SSSR count). The summed E-state index contributed by atoms with van der Waals surface area (Å²) >= 11 is 0. The van der Waals surface area contributed by atoms with Crippen LogP contribution >= 0.6 is 0 Å². The highest BCUT2D eigenvalue weighted by molar-refractivity contribution is 7.89. The summed E-state index contributed by atoms with van der Waals surface area (Å²) < 4.78 is 39.5. The Kier molecular flexibility index (Phi) is 6.64. The number of piperidine rings is 1. The molecule has 28 heavy (non-hydrogen) atoms. The molecule has 0 radical (unpaired) electrons. The fourth-order valence-corrected chi connectivity index (χ4v) is 4.18. The third kappa shape index (κ3) is 5.53. The van der Waals surface area contributed by atoms with Gasteiger partial charge in [0.2, 0.25) is 15.9 Å². The predicted molar refractivity (Wildman–Crippen MR) is 107 cm³/mol. The fraction of sp³-hybridized carbons (Fsp3) is 0.350. The number of sulfonamides is 1. The van der Waals surface area contributed by atoms with Gasteiger partial charge in [-0.2, -0.15) is 0 Å². The maximum Gasteiger partial charge on any atom is 0.240 e. The summed E-state index contributed by atoms with van der Waals surface area (Å²) in [6, 6.07) is 12.2. The molecule has 1 aliphatic rings. The molecule has 0 spiro atoms. The van der Waals surface area contributed by atoms with Crippen molar-refractivity contribution in [3.05, 3.63) is 54.3 Å². The van der Waals surface area contributed by atoms with Gasteiger partial charge in [0.25, 0.3) is 0 Å². The lowest BCUT2D eigenvalue weighted by Gasteiger charge is -2.29. The summed E-state index contributed by atoms with van der Waals surface area (Å²) in [5.41, 5.74) is 1.77. The van der Waals surface area contributed by atoms with Gasteiger partial charge in [0.15, 0.2) is 0 Å². The number of amides is 1. The number of benzene rings is 2. The Morgan fingerprint density at radius 3 is 2.46 bits per heavy atom. The Morgan fingerprint density at radius 2 is 1.75 bits per heavy atom. The topological polar surface area (TPSA) is 78.5 Å². The fourth-order valence-electron chi connectivity index (χ4n) is 3.15. The van der Waals surface area contributed by atoms with Crippen LogP contribution in [0.15, 0.2) is 53.4 Å². The summed E-state index contributed by atoms with van der Waals surface area (Å²) in [5, 5.41) is 2.80. The van der Waals surface area contributed by atoms with E-state index in [9.17, 15) is 17.6 Å². The van der Waals surface area contributed by atoms with Crippen LogP contribution in [0.5, 0.6) is 0 Å². The molecule has 0 aliphatic carbocycles. The number of anilines is 2. The molecule has 2 N–H and O–H groups in total. The molecular formula is C20H24FN3O3S. The zero-order valence-electron chi connectivity index (χ0n) is 15.5. The van der Waals surface area contributed by atoms with E-state index in [1.165, 1.54) is 31.4 Å².